The van der Waals surface area contributed by atoms with Crippen LogP contribution < -0.4 is 10.6 Å². The Kier molecular flexibility index (Phi) is 6.29. The van der Waals surface area contributed by atoms with Gasteiger partial charge in [0, 0.05) is 12.3 Å². The number of hydrogen-bond acceptors (Lipinski definition) is 3. The maximum atomic E-state index is 11.3. The highest BCUT2D eigenvalue weighted by atomic mass is 32.2. The van der Waals surface area contributed by atoms with Gasteiger partial charge in [0.05, 0.1) is 12.3 Å². The first-order chi connectivity index (χ1) is 7.33. The lowest BCUT2D eigenvalue weighted by Crippen LogP contribution is -2.35. The molecule has 0 aromatic heterocycles. The van der Waals surface area contributed by atoms with Crippen molar-refractivity contribution in [2.24, 2.45) is 5.92 Å². The van der Waals surface area contributed by atoms with E-state index in [0.29, 0.717) is 13.1 Å². The molecule has 84 valence electrons. The van der Waals surface area contributed by atoms with E-state index in [0.717, 1.165) is 24.0 Å². The minimum atomic E-state index is 0.0805. The molecule has 1 saturated carbocycles. The molecule has 1 fully saturated rings. The lowest BCUT2D eigenvalue weighted by molar-refractivity contribution is -0.120. The third-order valence-electron chi connectivity index (χ3n) is 2.17. The van der Waals surface area contributed by atoms with Crippen LogP contribution in [0.5, 0.6) is 0 Å². The van der Waals surface area contributed by atoms with Gasteiger partial charge in [-0.25, -0.2) is 0 Å². The van der Waals surface area contributed by atoms with E-state index < -0.39 is 0 Å². The Morgan fingerprint density at radius 3 is 3.00 bits per heavy atom. The SMILES string of the molecule is C#CCSCCNC(=O)CNCC1CC1. The van der Waals surface area contributed by atoms with Crippen LogP contribution in [0.25, 0.3) is 0 Å². The summed E-state index contributed by atoms with van der Waals surface area (Å²) in [5, 5.41) is 5.99. The van der Waals surface area contributed by atoms with Gasteiger partial charge >= 0.3 is 0 Å². The van der Waals surface area contributed by atoms with E-state index in [-0.39, 0.29) is 5.91 Å². The second kappa shape index (κ2) is 7.61. The van der Waals surface area contributed by atoms with Crippen LogP contribution in [0.15, 0.2) is 0 Å². The molecule has 1 aliphatic rings. The van der Waals surface area contributed by atoms with Gasteiger partial charge in [-0.05, 0) is 25.3 Å². The van der Waals surface area contributed by atoms with Crippen molar-refractivity contribution in [1.29, 1.82) is 0 Å². The Balaban J connectivity index is 1.82. The standard InChI is InChI=1S/C11H18N2OS/c1-2-6-15-7-5-13-11(14)9-12-8-10-3-4-10/h1,10,12H,3-9H2,(H,13,14). The van der Waals surface area contributed by atoms with Crippen LogP contribution >= 0.6 is 11.8 Å². The molecule has 0 unspecified atom stereocenters. The Morgan fingerprint density at radius 1 is 1.53 bits per heavy atom. The maximum Gasteiger partial charge on any atom is 0.233 e. The minimum absolute atomic E-state index is 0.0805. The molecule has 0 spiro atoms. The average Bonchev–Trinajstić information content (AvgIpc) is 3.01. The van der Waals surface area contributed by atoms with Crippen LogP contribution in [0.3, 0.4) is 0 Å². The third kappa shape index (κ3) is 7.29. The van der Waals surface area contributed by atoms with Crippen molar-refractivity contribution < 1.29 is 4.79 Å². The number of rotatable bonds is 8. The summed E-state index contributed by atoms with van der Waals surface area (Å²) in [6, 6.07) is 0. The fourth-order valence-corrected chi connectivity index (χ4v) is 1.68. The predicted octanol–water partition coefficient (Wildman–Crippen LogP) is 0.469. The first kappa shape index (κ1) is 12.4. The highest BCUT2D eigenvalue weighted by Crippen LogP contribution is 2.27. The normalized spacial score (nSPS) is 14.6. The summed E-state index contributed by atoms with van der Waals surface area (Å²) in [6.45, 7) is 2.13. The highest BCUT2D eigenvalue weighted by molar-refractivity contribution is 7.99. The average molecular weight is 226 g/mol. The third-order valence-corrected chi connectivity index (χ3v) is 3.03. The Morgan fingerprint density at radius 2 is 2.33 bits per heavy atom. The molecule has 0 aliphatic heterocycles. The molecular formula is C11H18N2OS. The predicted molar refractivity (Wildman–Crippen MR) is 64.8 cm³/mol. The minimum Gasteiger partial charge on any atom is -0.354 e. The van der Waals surface area contributed by atoms with E-state index in [2.05, 4.69) is 16.6 Å². The van der Waals surface area contributed by atoms with Gasteiger partial charge in [-0.15, -0.1) is 18.2 Å². The van der Waals surface area contributed by atoms with Crippen molar-refractivity contribution in [3.63, 3.8) is 0 Å². The van der Waals surface area contributed by atoms with Crippen LogP contribution in [0.1, 0.15) is 12.8 Å². The van der Waals surface area contributed by atoms with Gasteiger partial charge in [-0.2, -0.15) is 0 Å². The molecule has 0 atom stereocenters. The second-order valence-corrected chi connectivity index (χ2v) is 4.79. The van der Waals surface area contributed by atoms with E-state index in [1.54, 1.807) is 11.8 Å². The van der Waals surface area contributed by atoms with Crippen LogP contribution in [0, 0.1) is 18.3 Å². The van der Waals surface area contributed by atoms with E-state index >= 15 is 0 Å². The Labute approximate surface area is 95.8 Å². The molecule has 15 heavy (non-hydrogen) atoms. The molecule has 1 rings (SSSR count). The molecule has 0 heterocycles. The quantitative estimate of drug-likeness (QED) is 0.467. The summed E-state index contributed by atoms with van der Waals surface area (Å²) < 4.78 is 0. The number of amides is 1. The summed E-state index contributed by atoms with van der Waals surface area (Å²) in [4.78, 5) is 11.3. The maximum absolute atomic E-state index is 11.3. The van der Waals surface area contributed by atoms with Gasteiger partial charge in [0.1, 0.15) is 0 Å². The van der Waals surface area contributed by atoms with Gasteiger partial charge in [-0.3, -0.25) is 4.79 Å². The van der Waals surface area contributed by atoms with E-state index in [1.165, 1.54) is 12.8 Å². The molecule has 0 aromatic carbocycles. The molecule has 2 N–H and O–H groups in total. The lowest BCUT2D eigenvalue weighted by Gasteiger charge is -2.05. The molecule has 4 heteroatoms. The molecule has 0 bridgehead atoms. The number of nitrogens with one attached hydrogen (secondary N) is 2. The van der Waals surface area contributed by atoms with Crippen molar-refractivity contribution in [1.82, 2.24) is 10.6 Å². The number of terminal acetylenes is 1. The van der Waals surface area contributed by atoms with Crippen LogP contribution in [-0.2, 0) is 4.79 Å². The van der Waals surface area contributed by atoms with Gasteiger partial charge in [0.25, 0.3) is 0 Å². The number of hydrogen-bond donors (Lipinski definition) is 2. The Bertz CT molecular complexity index is 233. The molecule has 3 nitrogen and oxygen atoms in total. The highest BCUT2D eigenvalue weighted by Gasteiger charge is 2.20. The van der Waals surface area contributed by atoms with Crippen molar-refractivity contribution in [2.45, 2.75) is 12.8 Å². The monoisotopic (exact) mass is 226 g/mol. The van der Waals surface area contributed by atoms with Crippen LogP contribution in [0.4, 0.5) is 0 Å². The van der Waals surface area contributed by atoms with Gasteiger partial charge < -0.3 is 10.6 Å². The number of carbonyl (C=O) groups is 1. The number of thioether (sulfide) groups is 1. The topological polar surface area (TPSA) is 41.1 Å². The first-order valence-electron chi connectivity index (χ1n) is 5.31. The van der Waals surface area contributed by atoms with Gasteiger partial charge in [-0.1, -0.05) is 5.92 Å². The molecule has 0 saturated heterocycles. The van der Waals surface area contributed by atoms with Crippen molar-refractivity contribution >= 4 is 17.7 Å². The summed E-state index contributed by atoms with van der Waals surface area (Å²) in [6.07, 6.45) is 7.74. The van der Waals surface area contributed by atoms with Crippen LogP contribution in [0.2, 0.25) is 0 Å². The van der Waals surface area contributed by atoms with Gasteiger partial charge in [0.2, 0.25) is 5.91 Å². The summed E-state index contributed by atoms with van der Waals surface area (Å²) >= 11 is 1.66. The molecule has 0 aromatic rings. The van der Waals surface area contributed by atoms with Crippen molar-refractivity contribution in [3.05, 3.63) is 0 Å². The zero-order valence-corrected chi connectivity index (χ0v) is 9.74. The fourth-order valence-electron chi connectivity index (χ4n) is 1.17. The van der Waals surface area contributed by atoms with Crippen LogP contribution in [-0.4, -0.2) is 37.0 Å². The Hall–Kier alpha value is -0.660. The summed E-state index contributed by atoms with van der Waals surface area (Å²) in [5.74, 6) is 5.06. The molecule has 0 radical (unpaired) electrons. The van der Waals surface area contributed by atoms with E-state index in [1.807, 2.05) is 0 Å². The van der Waals surface area contributed by atoms with E-state index in [4.69, 9.17) is 6.42 Å². The molecular weight excluding hydrogens is 208 g/mol. The van der Waals surface area contributed by atoms with Gasteiger partial charge in [0.15, 0.2) is 0 Å². The largest absolute Gasteiger partial charge is 0.354 e. The van der Waals surface area contributed by atoms with E-state index in [9.17, 15) is 4.79 Å². The number of carbonyl (C=O) groups excluding carboxylic acids is 1. The zero-order chi connectivity index (χ0) is 10.9. The first-order valence-corrected chi connectivity index (χ1v) is 6.47. The van der Waals surface area contributed by atoms with Crippen molar-refractivity contribution in [2.75, 3.05) is 31.1 Å². The zero-order valence-electron chi connectivity index (χ0n) is 8.92. The second-order valence-electron chi connectivity index (χ2n) is 3.68. The summed E-state index contributed by atoms with van der Waals surface area (Å²) in [5.41, 5.74) is 0. The summed E-state index contributed by atoms with van der Waals surface area (Å²) in [7, 11) is 0. The van der Waals surface area contributed by atoms with Crippen molar-refractivity contribution in [3.8, 4) is 12.3 Å². The smallest absolute Gasteiger partial charge is 0.233 e. The fraction of sp³-hybridized carbons (Fsp3) is 0.727. The molecule has 1 amide bonds. The molecule has 1 aliphatic carbocycles. The lowest BCUT2D eigenvalue weighted by atomic mass is 10.4.